The molecule has 1 saturated heterocycles. The Morgan fingerprint density at radius 2 is 1.70 bits per heavy atom. The predicted octanol–water partition coefficient (Wildman–Crippen LogP) is 3.12. The average Bonchev–Trinajstić information content (AvgIpc) is 2.91. The number of amides is 4. The van der Waals surface area contributed by atoms with E-state index in [1.807, 2.05) is 54.6 Å². The van der Waals surface area contributed by atoms with Crippen LogP contribution in [-0.2, 0) is 17.8 Å². The molecule has 0 radical (unpaired) electrons. The molecule has 6 nitrogen and oxygen atoms in total. The molecule has 3 rings (SSSR count). The van der Waals surface area contributed by atoms with Crippen LogP contribution in [-0.4, -0.2) is 47.1 Å². The Morgan fingerprint density at radius 1 is 1.04 bits per heavy atom. The Kier molecular flexibility index (Phi) is 5.81. The van der Waals surface area contributed by atoms with Gasteiger partial charge in [-0.05, 0) is 35.0 Å². The smallest absolute Gasteiger partial charge is 0.325 e. The van der Waals surface area contributed by atoms with Crippen molar-refractivity contribution in [1.29, 1.82) is 0 Å². The lowest BCUT2D eigenvalue weighted by Gasteiger charge is -2.14. The lowest BCUT2D eigenvalue weighted by molar-refractivity contribution is -0.127. The third-order valence-corrected chi connectivity index (χ3v) is 5.27. The zero-order valence-electron chi connectivity index (χ0n) is 15.2. The SMILES string of the molecule is CN(C)C(=O)Sc1ccc(CN2C(=O)N[C@H](Cc3ccccc3)C2=O)cc1. The zero-order valence-corrected chi connectivity index (χ0v) is 16.0. The molecule has 0 unspecified atom stereocenters. The fourth-order valence-corrected chi connectivity index (χ4v) is 3.41. The van der Waals surface area contributed by atoms with E-state index in [1.165, 1.54) is 9.80 Å². The van der Waals surface area contributed by atoms with E-state index in [2.05, 4.69) is 5.32 Å². The average molecular weight is 383 g/mol. The van der Waals surface area contributed by atoms with E-state index in [9.17, 15) is 14.4 Å². The quantitative estimate of drug-likeness (QED) is 0.636. The van der Waals surface area contributed by atoms with Crippen molar-refractivity contribution in [3.8, 4) is 0 Å². The van der Waals surface area contributed by atoms with Crippen molar-refractivity contribution in [2.75, 3.05) is 14.1 Å². The zero-order chi connectivity index (χ0) is 19.4. The predicted molar refractivity (Wildman–Crippen MR) is 104 cm³/mol. The highest BCUT2D eigenvalue weighted by molar-refractivity contribution is 8.13. The molecule has 0 aliphatic carbocycles. The number of carbonyl (C=O) groups is 3. The van der Waals surface area contributed by atoms with Gasteiger partial charge in [0.1, 0.15) is 6.04 Å². The molecule has 1 N–H and O–H groups in total. The van der Waals surface area contributed by atoms with E-state index >= 15 is 0 Å². The first-order valence-electron chi connectivity index (χ1n) is 8.58. The van der Waals surface area contributed by atoms with Gasteiger partial charge in [0, 0.05) is 25.4 Å². The first-order chi connectivity index (χ1) is 12.9. The van der Waals surface area contributed by atoms with Gasteiger partial charge in [-0.2, -0.15) is 0 Å². The largest absolute Gasteiger partial charge is 0.339 e. The Hall–Kier alpha value is -2.80. The molecule has 1 aliphatic heterocycles. The number of nitrogens with zero attached hydrogens (tertiary/aromatic N) is 2. The van der Waals surface area contributed by atoms with Crippen molar-refractivity contribution in [3.63, 3.8) is 0 Å². The molecule has 1 aliphatic rings. The van der Waals surface area contributed by atoms with Gasteiger partial charge >= 0.3 is 6.03 Å². The van der Waals surface area contributed by atoms with Gasteiger partial charge in [-0.3, -0.25) is 14.5 Å². The second kappa shape index (κ2) is 8.26. The van der Waals surface area contributed by atoms with Crippen LogP contribution in [0.5, 0.6) is 0 Å². The normalized spacial score (nSPS) is 16.4. The van der Waals surface area contributed by atoms with E-state index in [4.69, 9.17) is 0 Å². The molecular weight excluding hydrogens is 362 g/mol. The molecule has 0 spiro atoms. The fourth-order valence-electron chi connectivity index (χ4n) is 2.75. The molecule has 140 valence electrons. The van der Waals surface area contributed by atoms with E-state index in [0.717, 1.165) is 27.8 Å². The molecular formula is C20H21N3O3S. The van der Waals surface area contributed by atoms with Crippen molar-refractivity contribution in [3.05, 3.63) is 65.7 Å². The van der Waals surface area contributed by atoms with Crippen molar-refractivity contribution < 1.29 is 14.4 Å². The summed E-state index contributed by atoms with van der Waals surface area (Å²) in [5.74, 6) is -0.218. The van der Waals surface area contributed by atoms with Gasteiger partial charge in [0.05, 0.1) is 6.54 Å². The summed E-state index contributed by atoms with van der Waals surface area (Å²) < 4.78 is 0. The van der Waals surface area contributed by atoms with Crippen LogP contribution in [0.15, 0.2) is 59.5 Å². The highest BCUT2D eigenvalue weighted by atomic mass is 32.2. The van der Waals surface area contributed by atoms with Gasteiger partial charge in [-0.25, -0.2) is 4.79 Å². The number of urea groups is 1. The lowest BCUT2D eigenvalue weighted by atomic mass is 10.1. The third-order valence-electron chi connectivity index (χ3n) is 4.22. The number of carbonyl (C=O) groups excluding carboxylic acids is 3. The number of nitrogens with one attached hydrogen (secondary N) is 1. The van der Waals surface area contributed by atoms with Crippen LogP contribution < -0.4 is 5.32 Å². The number of imide groups is 1. The summed E-state index contributed by atoms with van der Waals surface area (Å²) in [4.78, 5) is 40.1. The molecule has 27 heavy (non-hydrogen) atoms. The molecule has 2 aromatic rings. The maximum absolute atomic E-state index is 12.6. The minimum absolute atomic E-state index is 0.0550. The highest BCUT2D eigenvalue weighted by Gasteiger charge is 2.37. The van der Waals surface area contributed by atoms with Gasteiger partial charge in [0.15, 0.2) is 0 Å². The first-order valence-corrected chi connectivity index (χ1v) is 9.39. The molecule has 0 saturated carbocycles. The van der Waals surface area contributed by atoms with Crippen LogP contribution in [0.4, 0.5) is 9.59 Å². The van der Waals surface area contributed by atoms with Crippen molar-refractivity contribution in [2.24, 2.45) is 0 Å². The van der Waals surface area contributed by atoms with Crippen LogP contribution in [0.25, 0.3) is 0 Å². The van der Waals surface area contributed by atoms with Crippen molar-refractivity contribution in [1.82, 2.24) is 15.1 Å². The van der Waals surface area contributed by atoms with Gasteiger partial charge in [0.25, 0.3) is 11.1 Å². The third kappa shape index (κ3) is 4.68. The van der Waals surface area contributed by atoms with Crippen molar-refractivity contribution in [2.45, 2.75) is 23.9 Å². The van der Waals surface area contributed by atoms with Crippen LogP contribution in [0.1, 0.15) is 11.1 Å². The second-order valence-corrected chi connectivity index (χ2v) is 7.55. The topological polar surface area (TPSA) is 69.7 Å². The fraction of sp³-hybridized carbons (Fsp3) is 0.250. The Bertz CT molecular complexity index is 837. The molecule has 4 amide bonds. The summed E-state index contributed by atoms with van der Waals surface area (Å²) >= 11 is 1.13. The molecule has 7 heteroatoms. The summed E-state index contributed by atoms with van der Waals surface area (Å²) in [6.07, 6.45) is 0.476. The number of benzene rings is 2. The number of hydrogen-bond acceptors (Lipinski definition) is 4. The number of rotatable bonds is 5. The Morgan fingerprint density at radius 3 is 2.33 bits per heavy atom. The molecule has 1 fully saturated rings. The Balaban J connectivity index is 1.62. The summed E-state index contributed by atoms with van der Waals surface area (Å²) in [7, 11) is 3.40. The van der Waals surface area contributed by atoms with Crippen LogP contribution in [0.3, 0.4) is 0 Å². The van der Waals surface area contributed by atoms with Crippen molar-refractivity contribution >= 4 is 28.9 Å². The van der Waals surface area contributed by atoms with Gasteiger partial charge in [-0.15, -0.1) is 0 Å². The van der Waals surface area contributed by atoms with E-state index in [0.29, 0.717) is 6.42 Å². The van der Waals surface area contributed by atoms with Crippen LogP contribution in [0, 0.1) is 0 Å². The lowest BCUT2D eigenvalue weighted by Crippen LogP contribution is -2.32. The Labute approximate surface area is 162 Å². The summed E-state index contributed by atoms with van der Waals surface area (Å²) in [6.45, 7) is 0.211. The molecule has 0 bridgehead atoms. The van der Waals surface area contributed by atoms with Gasteiger partial charge in [-0.1, -0.05) is 42.5 Å². The molecule has 2 aromatic carbocycles. The minimum atomic E-state index is -0.535. The number of hydrogen-bond donors (Lipinski definition) is 1. The van der Waals surface area contributed by atoms with Crippen LogP contribution >= 0.6 is 11.8 Å². The van der Waals surface area contributed by atoms with Crippen LogP contribution in [0.2, 0.25) is 0 Å². The summed E-state index contributed by atoms with van der Waals surface area (Å²) in [5, 5.41) is 2.70. The van der Waals surface area contributed by atoms with E-state index in [-0.39, 0.29) is 23.7 Å². The summed E-state index contributed by atoms with van der Waals surface area (Å²) in [5.41, 5.74) is 1.84. The van der Waals surface area contributed by atoms with Gasteiger partial charge in [0.2, 0.25) is 0 Å². The highest BCUT2D eigenvalue weighted by Crippen LogP contribution is 2.22. The minimum Gasteiger partial charge on any atom is -0.339 e. The van der Waals surface area contributed by atoms with Gasteiger partial charge < -0.3 is 10.2 Å². The van der Waals surface area contributed by atoms with E-state index in [1.54, 1.807) is 14.1 Å². The first kappa shape index (κ1) is 19.0. The molecule has 1 heterocycles. The maximum Gasteiger partial charge on any atom is 0.325 e. The number of thioether (sulfide) groups is 1. The molecule has 0 aromatic heterocycles. The second-order valence-electron chi connectivity index (χ2n) is 6.52. The monoisotopic (exact) mass is 383 g/mol. The molecule has 1 atom stereocenters. The summed E-state index contributed by atoms with van der Waals surface area (Å²) in [6, 6.07) is 16.0. The standard InChI is InChI=1S/C20H21N3O3S/c1-22(2)20(26)27-16-10-8-15(9-11-16)13-23-18(24)17(21-19(23)25)12-14-6-4-3-5-7-14/h3-11,17H,12-13H2,1-2H3,(H,21,25)/t17-/m1/s1. The maximum atomic E-state index is 12.6. The van der Waals surface area contributed by atoms with E-state index < -0.39 is 6.04 Å².